The quantitative estimate of drug-likeness (QED) is 0.574. The van der Waals surface area contributed by atoms with Crippen LogP contribution in [0.1, 0.15) is 37.5 Å². The first-order valence-corrected chi connectivity index (χ1v) is 9.76. The topological polar surface area (TPSA) is 78.6 Å². The van der Waals surface area contributed by atoms with E-state index in [0.29, 0.717) is 36.8 Å². The summed E-state index contributed by atoms with van der Waals surface area (Å²) in [5, 5.41) is 10.7. The van der Waals surface area contributed by atoms with Gasteiger partial charge in [-0.1, -0.05) is 35.5 Å². The molecule has 3 rings (SSSR count). The van der Waals surface area contributed by atoms with Gasteiger partial charge in [-0.25, -0.2) is 0 Å². The highest BCUT2D eigenvalue weighted by molar-refractivity contribution is 5.80. The molecule has 2 aromatic rings. The van der Waals surface area contributed by atoms with Crippen molar-refractivity contribution < 1.29 is 4.52 Å². The minimum atomic E-state index is 0.396. The zero-order valence-corrected chi connectivity index (χ0v) is 16.5. The van der Waals surface area contributed by atoms with Gasteiger partial charge in [-0.05, 0) is 32.8 Å². The summed E-state index contributed by atoms with van der Waals surface area (Å²) in [6, 6.07) is 11.6. The lowest BCUT2D eigenvalue weighted by Gasteiger charge is -2.21. The smallest absolute Gasteiger partial charge is 0.228 e. The lowest BCUT2D eigenvalue weighted by Crippen LogP contribution is -2.44. The molecule has 27 heavy (non-hydrogen) atoms. The molecular weight excluding hydrogens is 340 g/mol. The number of aryl methyl sites for hydroxylation is 1. The third-order valence-corrected chi connectivity index (χ3v) is 4.78. The number of benzene rings is 1. The molecule has 146 valence electrons. The van der Waals surface area contributed by atoms with Crippen molar-refractivity contribution in [2.75, 3.05) is 19.6 Å². The van der Waals surface area contributed by atoms with Crippen LogP contribution in [0, 0.1) is 6.92 Å². The highest BCUT2D eigenvalue weighted by Gasteiger charge is 2.29. The Morgan fingerprint density at radius 1 is 1.33 bits per heavy atom. The lowest BCUT2D eigenvalue weighted by atomic mass is 10.2. The van der Waals surface area contributed by atoms with Crippen LogP contribution in [-0.2, 0) is 13.0 Å². The zero-order valence-electron chi connectivity index (χ0n) is 16.5. The first-order valence-electron chi connectivity index (χ1n) is 9.76. The van der Waals surface area contributed by atoms with Crippen LogP contribution >= 0.6 is 0 Å². The highest BCUT2D eigenvalue weighted by atomic mass is 16.5. The van der Waals surface area contributed by atoms with Crippen molar-refractivity contribution in [3.05, 3.63) is 47.6 Å². The van der Waals surface area contributed by atoms with Crippen LogP contribution in [-0.4, -0.2) is 52.7 Å². The summed E-state index contributed by atoms with van der Waals surface area (Å²) < 4.78 is 5.15. The molecule has 2 N–H and O–H groups in total. The van der Waals surface area contributed by atoms with E-state index >= 15 is 0 Å². The molecule has 1 aliphatic rings. The Labute approximate surface area is 161 Å². The van der Waals surface area contributed by atoms with E-state index in [0.717, 1.165) is 32.0 Å². The standard InChI is InChI=1S/C20H30N6O/c1-4-21-20(22-11-10-19-23-16(3)25-27-19)24-18-12-15(2)26(14-18)13-17-8-6-5-7-9-17/h5-9,15,18H,4,10-14H2,1-3H3,(H2,21,22,24). The number of likely N-dealkylation sites (tertiary alicyclic amines) is 1. The summed E-state index contributed by atoms with van der Waals surface area (Å²) in [7, 11) is 0. The second-order valence-corrected chi connectivity index (χ2v) is 7.09. The van der Waals surface area contributed by atoms with Crippen molar-refractivity contribution in [1.29, 1.82) is 0 Å². The molecule has 1 saturated heterocycles. The number of guanidine groups is 1. The fourth-order valence-electron chi connectivity index (χ4n) is 3.46. The monoisotopic (exact) mass is 370 g/mol. The predicted molar refractivity (Wildman–Crippen MR) is 107 cm³/mol. The van der Waals surface area contributed by atoms with E-state index in [1.807, 2.05) is 6.92 Å². The average Bonchev–Trinajstić information content (AvgIpc) is 3.21. The maximum atomic E-state index is 5.15. The van der Waals surface area contributed by atoms with Crippen LogP contribution in [0.4, 0.5) is 0 Å². The second-order valence-electron chi connectivity index (χ2n) is 7.09. The minimum Gasteiger partial charge on any atom is -0.357 e. The summed E-state index contributed by atoms with van der Waals surface area (Å²) in [5.74, 6) is 2.15. The van der Waals surface area contributed by atoms with E-state index in [1.165, 1.54) is 5.56 Å². The van der Waals surface area contributed by atoms with Crippen LogP contribution in [0.2, 0.25) is 0 Å². The molecule has 2 unspecified atom stereocenters. The molecule has 0 aliphatic carbocycles. The van der Waals surface area contributed by atoms with Gasteiger partial charge in [0.2, 0.25) is 5.89 Å². The first-order chi connectivity index (χ1) is 13.1. The van der Waals surface area contributed by atoms with Crippen molar-refractivity contribution in [3.8, 4) is 0 Å². The number of hydrogen-bond donors (Lipinski definition) is 2. The fourth-order valence-corrected chi connectivity index (χ4v) is 3.46. The molecule has 2 atom stereocenters. The van der Waals surface area contributed by atoms with Gasteiger partial charge >= 0.3 is 0 Å². The van der Waals surface area contributed by atoms with Crippen molar-refractivity contribution in [3.63, 3.8) is 0 Å². The molecule has 0 radical (unpaired) electrons. The van der Waals surface area contributed by atoms with Gasteiger partial charge in [-0.2, -0.15) is 4.98 Å². The van der Waals surface area contributed by atoms with E-state index in [9.17, 15) is 0 Å². The van der Waals surface area contributed by atoms with Crippen molar-refractivity contribution in [2.24, 2.45) is 4.99 Å². The summed E-state index contributed by atoms with van der Waals surface area (Å²) in [5.41, 5.74) is 1.36. The number of rotatable bonds is 7. The SMILES string of the molecule is CCNC(=NCCc1nc(C)no1)NC1CC(C)N(Cc2ccccc2)C1. The Bertz CT molecular complexity index is 729. The van der Waals surface area contributed by atoms with E-state index < -0.39 is 0 Å². The van der Waals surface area contributed by atoms with Gasteiger partial charge in [0.05, 0.1) is 6.54 Å². The Balaban J connectivity index is 1.52. The summed E-state index contributed by atoms with van der Waals surface area (Å²) in [4.78, 5) is 11.4. The number of nitrogens with zero attached hydrogens (tertiary/aromatic N) is 4. The molecule has 1 fully saturated rings. The number of nitrogens with one attached hydrogen (secondary N) is 2. The summed E-state index contributed by atoms with van der Waals surface area (Å²) in [6.07, 6.45) is 1.76. The zero-order chi connectivity index (χ0) is 19.1. The van der Waals surface area contributed by atoms with Crippen LogP contribution in [0.15, 0.2) is 39.8 Å². The number of hydrogen-bond acceptors (Lipinski definition) is 5. The van der Waals surface area contributed by atoms with Gasteiger partial charge < -0.3 is 15.2 Å². The van der Waals surface area contributed by atoms with Crippen LogP contribution in [0.3, 0.4) is 0 Å². The van der Waals surface area contributed by atoms with Crippen LogP contribution < -0.4 is 10.6 Å². The Morgan fingerprint density at radius 3 is 2.85 bits per heavy atom. The third kappa shape index (κ3) is 5.79. The van der Waals surface area contributed by atoms with Crippen LogP contribution in [0.25, 0.3) is 0 Å². The Morgan fingerprint density at radius 2 is 2.15 bits per heavy atom. The minimum absolute atomic E-state index is 0.396. The van der Waals surface area contributed by atoms with Gasteiger partial charge in [0.1, 0.15) is 0 Å². The lowest BCUT2D eigenvalue weighted by molar-refractivity contribution is 0.258. The molecule has 2 heterocycles. The van der Waals surface area contributed by atoms with Gasteiger partial charge in [0.15, 0.2) is 11.8 Å². The molecular formula is C20H30N6O. The van der Waals surface area contributed by atoms with Gasteiger partial charge in [-0.15, -0.1) is 0 Å². The van der Waals surface area contributed by atoms with Gasteiger partial charge in [-0.3, -0.25) is 9.89 Å². The number of aliphatic imine (C=N–C) groups is 1. The van der Waals surface area contributed by atoms with Crippen molar-refractivity contribution >= 4 is 5.96 Å². The van der Waals surface area contributed by atoms with Crippen LogP contribution in [0.5, 0.6) is 0 Å². The largest absolute Gasteiger partial charge is 0.357 e. The van der Waals surface area contributed by atoms with E-state index in [-0.39, 0.29) is 0 Å². The van der Waals surface area contributed by atoms with Crippen molar-refractivity contribution in [1.82, 2.24) is 25.7 Å². The summed E-state index contributed by atoms with van der Waals surface area (Å²) in [6.45, 7) is 9.66. The van der Waals surface area contributed by atoms with E-state index in [4.69, 9.17) is 4.52 Å². The molecule has 0 amide bonds. The second kappa shape index (κ2) is 9.50. The maximum absolute atomic E-state index is 5.15. The van der Waals surface area contributed by atoms with Gasteiger partial charge in [0.25, 0.3) is 0 Å². The first kappa shape index (κ1) is 19.4. The number of aromatic nitrogens is 2. The molecule has 7 nitrogen and oxygen atoms in total. The van der Waals surface area contributed by atoms with Crippen molar-refractivity contribution in [2.45, 2.75) is 52.2 Å². The normalized spacial score (nSPS) is 20.8. The third-order valence-electron chi connectivity index (χ3n) is 4.78. The molecule has 1 aliphatic heterocycles. The van der Waals surface area contributed by atoms with Gasteiger partial charge in [0, 0.05) is 38.1 Å². The molecule has 0 saturated carbocycles. The van der Waals surface area contributed by atoms with E-state index in [2.05, 4.69) is 74.8 Å². The average molecular weight is 371 g/mol. The maximum Gasteiger partial charge on any atom is 0.228 e. The molecule has 0 bridgehead atoms. The molecule has 0 spiro atoms. The molecule has 1 aromatic carbocycles. The van der Waals surface area contributed by atoms with E-state index in [1.54, 1.807) is 0 Å². The summed E-state index contributed by atoms with van der Waals surface area (Å²) >= 11 is 0. The predicted octanol–water partition coefficient (Wildman–Crippen LogP) is 2.14. The molecule has 7 heteroatoms. The highest BCUT2D eigenvalue weighted by Crippen LogP contribution is 2.20. The Kier molecular flexibility index (Phi) is 6.81. The fraction of sp³-hybridized carbons (Fsp3) is 0.550. The molecule has 1 aromatic heterocycles. The Hall–Kier alpha value is -2.41.